The fourth-order valence-electron chi connectivity index (χ4n) is 4.76. The molecule has 0 saturated heterocycles. The number of thiophene rings is 1. The first-order valence-electron chi connectivity index (χ1n) is 13.1. The second kappa shape index (κ2) is 12.7. The highest BCUT2D eigenvalue weighted by molar-refractivity contribution is 7.21. The lowest BCUT2D eigenvalue weighted by molar-refractivity contribution is 0.0740. The Balaban J connectivity index is 1.45. The van der Waals surface area contributed by atoms with Gasteiger partial charge >= 0.3 is 5.97 Å². The van der Waals surface area contributed by atoms with E-state index in [0.717, 1.165) is 36.2 Å². The van der Waals surface area contributed by atoms with Gasteiger partial charge in [0, 0.05) is 26.7 Å². The molecule has 4 aromatic rings. The molecule has 1 unspecified atom stereocenters. The number of unbranched alkanes of at least 4 members (excludes halogenated alkanes) is 2. The van der Waals surface area contributed by atoms with Crippen LogP contribution in [0, 0.1) is 11.3 Å². The molecule has 3 aromatic carbocycles. The third-order valence-corrected chi connectivity index (χ3v) is 8.89. The molecule has 5 rings (SSSR count). The highest BCUT2D eigenvalue weighted by Gasteiger charge is 2.32. The van der Waals surface area contributed by atoms with Crippen molar-refractivity contribution in [2.45, 2.75) is 32.1 Å². The third-order valence-electron chi connectivity index (χ3n) is 6.76. The summed E-state index contributed by atoms with van der Waals surface area (Å²) in [6.07, 6.45) is 3.11. The summed E-state index contributed by atoms with van der Waals surface area (Å²) in [6.45, 7) is 2.71. The van der Waals surface area contributed by atoms with Crippen LogP contribution in [0.1, 0.15) is 52.9 Å². The van der Waals surface area contributed by atoms with Gasteiger partial charge in [0.05, 0.1) is 29.7 Å². The number of nitrogens with two attached hydrogens (primary N) is 1. The van der Waals surface area contributed by atoms with Crippen molar-refractivity contribution in [2.75, 3.05) is 13.7 Å². The second-order valence-corrected chi connectivity index (χ2v) is 11.8. The predicted molar refractivity (Wildman–Crippen MR) is 166 cm³/mol. The van der Waals surface area contributed by atoms with Crippen molar-refractivity contribution in [1.82, 2.24) is 0 Å². The average Bonchev–Trinajstić information content (AvgIpc) is 3.30. The quantitative estimate of drug-likeness (QED) is 0.110. The minimum atomic E-state index is -0.666. The first-order valence-corrected chi connectivity index (χ1v) is 15.0. The molecule has 42 heavy (non-hydrogen) atoms. The minimum absolute atomic E-state index is 0.0450. The second-order valence-electron chi connectivity index (χ2n) is 9.49. The van der Waals surface area contributed by atoms with E-state index in [1.54, 1.807) is 37.4 Å². The van der Waals surface area contributed by atoms with Crippen LogP contribution in [0.25, 0.3) is 10.1 Å². The predicted octanol–water partition coefficient (Wildman–Crippen LogP) is 8.88. The van der Waals surface area contributed by atoms with Gasteiger partial charge in [-0.15, -0.1) is 11.3 Å². The van der Waals surface area contributed by atoms with E-state index < -0.39 is 11.9 Å². The molecule has 0 fully saturated rings. The molecular formula is C31H25Cl3N2O5S. The normalized spacial score (nSPS) is 14.2. The van der Waals surface area contributed by atoms with Crippen molar-refractivity contribution in [1.29, 1.82) is 5.26 Å². The summed E-state index contributed by atoms with van der Waals surface area (Å²) in [5.41, 5.74) is 7.86. The number of halogens is 3. The summed E-state index contributed by atoms with van der Waals surface area (Å²) in [5.74, 6) is 0.452. The lowest BCUT2D eigenvalue weighted by Crippen LogP contribution is -2.21. The Morgan fingerprint density at radius 2 is 1.90 bits per heavy atom. The van der Waals surface area contributed by atoms with Crippen LogP contribution in [-0.2, 0) is 0 Å². The van der Waals surface area contributed by atoms with Crippen LogP contribution in [0.2, 0.25) is 15.1 Å². The van der Waals surface area contributed by atoms with Crippen LogP contribution in [0.4, 0.5) is 0 Å². The average molecular weight is 644 g/mol. The van der Waals surface area contributed by atoms with Gasteiger partial charge in [-0.1, -0.05) is 66.7 Å². The Hall–Kier alpha value is -3.61. The van der Waals surface area contributed by atoms with E-state index in [9.17, 15) is 10.1 Å². The first kappa shape index (κ1) is 29.9. The zero-order chi connectivity index (χ0) is 30.0. The van der Waals surface area contributed by atoms with Crippen LogP contribution in [0.5, 0.6) is 23.0 Å². The van der Waals surface area contributed by atoms with Gasteiger partial charge < -0.3 is 24.7 Å². The zero-order valence-corrected chi connectivity index (χ0v) is 25.7. The Labute approximate surface area is 261 Å². The molecule has 0 bridgehead atoms. The van der Waals surface area contributed by atoms with Crippen molar-refractivity contribution in [3.8, 4) is 29.1 Å². The van der Waals surface area contributed by atoms with Gasteiger partial charge in [-0.05, 0) is 42.3 Å². The highest BCUT2D eigenvalue weighted by Crippen LogP contribution is 2.46. The number of rotatable bonds is 9. The Morgan fingerprint density at radius 1 is 1.10 bits per heavy atom. The summed E-state index contributed by atoms with van der Waals surface area (Å²) in [5, 5.41) is 11.5. The third kappa shape index (κ3) is 5.83. The molecular weight excluding hydrogens is 619 g/mol. The Bertz CT molecular complexity index is 1760. The number of ether oxygens (including phenoxy) is 4. The summed E-state index contributed by atoms with van der Waals surface area (Å²) in [7, 11) is 1.57. The largest absolute Gasteiger partial charge is 0.493 e. The number of methoxy groups -OCH3 is 1. The molecule has 216 valence electrons. The Kier molecular flexibility index (Phi) is 9.05. The molecule has 1 aromatic heterocycles. The van der Waals surface area contributed by atoms with E-state index in [1.807, 2.05) is 18.2 Å². The van der Waals surface area contributed by atoms with E-state index in [-0.39, 0.29) is 27.1 Å². The molecule has 0 spiro atoms. The number of nitrogens with zero attached hydrogens (tertiary/aromatic N) is 1. The van der Waals surface area contributed by atoms with Gasteiger partial charge in [-0.3, -0.25) is 0 Å². The van der Waals surface area contributed by atoms with Crippen molar-refractivity contribution < 1.29 is 23.7 Å². The maximum atomic E-state index is 13.1. The standard InChI is InChI=1S/C31H25Cl3N2O5S/c1-3-4-5-10-39-22-9-6-16(11-24(22)38-2)26-19-8-7-18(14-23(19)41-30(36)20(26)15-35)40-31(37)29-28(34)27-21(33)12-17(32)13-25(27)42-29/h6-9,11-14,26H,3-5,10,36H2,1-2H3. The molecule has 2 heterocycles. The number of nitriles is 1. The Morgan fingerprint density at radius 3 is 2.64 bits per heavy atom. The highest BCUT2D eigenvalue weighted by atomic mass is 35.5. The van der Waals surface area contributed by atoms with Crippen molar-refractivity contribution in [3.63, 3.8) is 0 Å². The molecule has 0 aliphatic carbocycles. The number of fused-ring (bicyclic) bond motifs is 2. The number of benzene rings is 3. The van der Waals surface area contributed by atoms with Crippen LogP contribution in [0.3, 0.4) is 0 Å². The smallest absolute Gasteiger partial charge is 0.355 e. The maximum absolute atomic E-state index is 13.1. The first-order chi connectivity index (χ1) is 20.2. The van der Waals surface area contributed by atoms with Crippen LogP contribution >= 0.6 is 46.1 Å². The lowest BCUT2D eigenvalue weighted by atomic mass is 9.83. The maximum Gasteiger partial charge on any atom is 0.355 e. The molecule has 7 nitrogen and oxygen atoms in total. The van der Waals surface area contributed by atoms with Crippen LogP contribution in [-0.4, -0.2) is 19.7 Å². The van der Waals surface area contributed by atoms with Crippen molar-refractivity contribution in [2.24, 2.45) is 5.73 Å². The molecule has 0 amide bonds. The van der Waals surface area contributed by atoms with E-state index in [0.29, 0.717) is 49.6 Å². The summed E-state index contributed by atoms with van der Waals surface area (Å²) >= 11 is 20.0. The monoisotopic (exact) mass is 642 g/mol. The molecule has 11 heteroatoms. The minimum Gasteiger partial charge on any atom is -0.493 e. The molecule has 0 radical (unpaired) electrons. The SMILES string of the molecule is CCCCCOc1ccc(C2C(C#N)=C(N)Oc3cc(OC(=O)c4sc5cc(Cl)cc(Cl)c5c4Cl)ccc32)cc1OC. The van der Waals surface area contributed by atoms with E-state index in [4.69, 9.17) is 59.5 Å². The van der Waals surface area contributed by atoms with Gasteiger partial charge in [0.25, 0.3) is 0 Å². The fraction of sp³-hybridized carbons (Fsp3) is 0.226. The van der Waals surface area contributed by atoms with Crippen molar-refractivity contribution in [3.05, 3.63) is 91.1 Å². The number of allylic oxidation sites excluding steroid dienone is 1. The number of carbonyl (C=O) groups is 1. The summed E-state index contributed by atoms with van der Waals surface area (Å²) < 4.78 is 23.6. The van der Waals surface area contributed by atoms with Gasteiger partial charge in [0.15, 0.2) is 11.5 Å². The number of carbonyl (C=O) groups excluding carboxylic acids is 1. The molecule has 1 atom stereocenters. The number of esters is 1. The topological polar surface area (TPSA) is 104 Å². The van der Waals surface area contributed by atoms with Gasteiger partial charge in [0.1, 0.15) is 28.0 Å². The van der Waals surface area contributed by atoms with E-state index in [2.05, 4.69) is 13.0 Å². The van der Waals surface area contributed by atoms with Crippen molar-refractivity contribution >= 4 is 62.2 Å². The van der Waals surface area contributed by atoms with Crippen LogP contribution < -0.4 is 24.7 Å². The van der Waals surface area contributed by atoms with Gasteiger partial charge in [-0.2, -0.15) is 5.26 Å². The van der Waals surface area contributed by atoms with E-state index in [1.165, 1.54) is 0 Å². The number of hydrogen-bond acceptors (Lipinski definition) is 8. The fourth-order valence-corrected chi connectivity index (χ4v) is 7.00. The molecule has 1 aliphatic heterocycles. The molecule has 2 N–H and O–H groups in total. The zero-order valence-electron chi connectivity index (χ0n) is 22.6. The van der Waals surface area contributed by atoms with Crippen LogP contribution in [0.15, 0.2) is 60.0 Å². The molecule has 1 aliphatic rings. The summed E-state index contributed by atoms with van der Waals surface area (Å²) in [4.78, 5) is 13.3. The van der Waals surface area contributed by atoms with E-state index >= 15 is 0 Å². The number of hydrogen-bond donors (Lipinski definition) is 1. The summed E-state index contributed by atoms with van der Waals surface area (Å²) in [6, 6.07) is 15.9. The molecule has 0 saturated carbocycles. The lowest BCUT2D eigenvalue weighted by Gasteiger charge is -2.27. The van der Waals surface area contributed by atoms with Gasteiger partial charge in [0.2, 0.25) is 5.88 Å². The van der Waals surface area contributed by atoms with Gasteiger partial charge in [-0.25, -0.2) is 4.79 Å².